The van der Waals surface area contributed by atoms with Gasteiger partial charge in [-0.25, -0.2) is 4.79 Å². The molecule has 26 heavy (non-hydrogen) atoms. The number of carbonyl (C=O) groups excluding carboxylic acids is 1. The summed E-state index contributed by atoms with van der Waals surface area (Å²) in [6.07, 6.45) is -1.04. The van der Waals surface area contributed by atoms with Crippen LogP contribution in [0.15, 0.2) is 45.6 Å². The summed E-state index contributed by atoms with van der Waals surface area (Å²) in [4.78, 5) is 23.1. The first-order valence-corrected chi connectivity index (χ1v) is 8.18. The third-order valence-corrected chi connectivity index (χ3v) is 4.38. The highest BCUT2D eigenvalue weighted by molar-refractivity contribution is 6.04. The van der Waals surface area contributed by atoms with Crippen molar-refractivity contribution in [3.63, 3.8) is 0 Å². The zero-order valence-corrected chi connectivity index (χ0v) is 13.6. The van der Waals surface area contributed by atoms with Crippen LogP contribution < -0.4 is 10.4 Å². The fourth-order valence-corrected chi connectivity index (χ4v) is 3.18. The van der Waals surface area contributed by atoms with E-state index in [9.17, 15) is 19.8 Å². The zero-order chi connectivity index (χ0) is 18.3. The molecule has 0 bridgehead atoms. The van der Waals surface area contributed by atoms with Crippen LogP contribution in [0.2, 0.25) is 0 Å². The van der Waals surface area contributed by atoms with Crippen LogP contribution in [0.5, 0.6) is 11.5 Å². The van der Waals surface area contributed by atoms with E-state index in [4.69, 9.17) is 13.9 Å². The molecule has 0 radical (unpaired) electrons. The molecule has 3 aromatic rings. The highest BCUT2D eigenvalue weighted by Gasteiger charge is 2.29. The molecule has 0 saturated carbocycles. The standard InChI is InChI=1S/C19H16O7/c20-9-13-5-11(22)7-18(25-13)24-12-2-4-15-14-3-1-10(21)6-16(14)19(23)26-17(15)8-12/h1-4,6,8-9,11,13,18,21-22H,5,7H2. The SMILES string of the molecule is O=CC1CC(O)CC(Oc2ccc3c(c2)oc(=O)c2cc(O)ccc23)O1. The Morgan fingerprint density at radius 3 is 2.69 bits per heavy atom. The van der Waals surface area contributed by atoms with E-state index in [1.54, 1.807) is 24.3 Å². The molecule has 1 aliphatic rings. The first-order valence-electron chi connectivity index (χ1n) is 8.18. The Balaban J connectivity index is 1.70. The maximum absolute atomic E-state index is 12.2. The van der Waals surface area contributed by atoms with Crippen LogP contribution in [0.3, 0.4) is 0 Å². The number of hydrogen-bond acceptors (Lipinski definition) is 7. The third-order valence-electron chi connectivity index (χ3n) is 4.38. The Morgan fingerprint density at radius 1 is 1.08 bits per heavy atom. The molecule has 134 valence electrons. The minimum Gasteiger partial charge on any atom is -0.508 e. The van der Waals surface area contributed by atoms with Crippen LogP contribution >= 0.6 is 0 Å². The van der Waals surface area contributed by atoms with Crippen molar-refractivity contribution >= 4 is 28.0 Å². The van der Waals surface area contributed by atoms with Gasteiger partial charge >= 0.3 is 5.63 Å². The number of aromatic hydroxyl groups is 1. The van der Waals surface area contributed by atoms with Gasteiger partial charge in [-0.1, -0.05) is 0 Å². The Bertz CT molecular complexity index is 1040. The largest absolute Gasteiger partial charge is 0.508 e. The number of fused-ring (bicyclic) bond motifs is 3. The number of phenols is 1. The molecule has 7 heteroatoms. The second-order valence-corrected chi connectivity index (χ2v) is 6.26. The fraction of sp³-hybridized carbons (Fsp3) is 0.263. The maximum Gasteiger partial charge on any atom is 0.344 e. The molecule has 0 aliphatic carbocycles. The number of aldehydes is 1. The first kappa shape index (κ1) is 16.6. The van der Waals surface area contributed by atoms with Crippen LogP contribution in [-0.4, -0.2) is 35.0 Å². The molecule has 1 aliphatic heterocycles. The third kappa shape index (κ3) is 3.02. The molecule has 4 rings (SSSR count). The predicted octanol–water partition coefficient (Wildman–Crippen LogP) is 2.10. The lowest BCUT2D eigenvalue weighted by Crippen LogP contribution is -2.39. The van der Waals surface area contributed by atoms with Crippen LogP contribution in [0.25, 0.3) is 21.7 Å². The van der Waals surface area contributed by atoms with Gasteiger partial charge in [0.1, 0.15) is 29.5 Å². The quantitative estimate of drug-likeness (QED) is 0.420. The molecule has 1 fully saturated rings. The van der Waals surface area contributed by atoms with Crippen molar-refractivity contribution in [2.75, 3.05) is 0 Å². The summed E-state index contributed by atoms with van der Waals surface area (Å²) >= 11 is 0. The number of ether oxygens (including phenoxy) is 2. The van der Waals surface area contributed by atoms with Crippen LogP contribution in [-0.2, 0) is 9.53 Å². The molecule has 2 heterocycles. The summed E-state index contributed by atoms with van der Waals surface area (Å²) in [6, 6.07) is 9.51. The summed E-state index contributed by atoms with van der Waals surface area (Å²) in [5, 5.41) is 21.0. The number of hydrogen-bond donors (Lipinski definition) is 2. The van der Waals surface area contributed by atoms with Gasteiger partial charge < -0.3 is 28.9 Å². The van der Waals surface area contributed by atoms with Gasteiger partial charge in [-0.3, -0.25) is 0 Å². The highest BCUT2D eigenvalue weighted by atomic mass is 16.7. The van der Waals surface area contributed by atoms with E-state index in [-0.39, 0.29) is 18.6 Å². The topological polar surface area (TPSA) is 106 Å². The van der Waals surface area contributed by atoms with Crippen molar-refractivity contribution in [3.8, 4) is 11.5 Å². The van der Waals surface area contributed by atoms with E-state index in [0.29, 0.717) is 33.8 Å². The Kier molecular flexibility index (Phi) is 4.10. The van der Waals surface area contributed by atoms with Gasteiger partial charge in [0.15, 0.2) is 0 Å². The van der Waals surface area contributed by atoms with Gasteiger partial charge in [0, 0.05) is 29.7 Å². The van der Waals surface area contributed by atoms with Crippen molar-refractivity contribution in [2.24, 2.45) is 0 Å². The second-order valence-electron chi connectivity index (χ2n) is 6.26. The van der Waals surface area contributed by atoms with Gasteiger partial charge in [-0.15, -0.1) is 0 Å². The maximum atomic E-state index is 12.2. The molecular weight excluding hydrogens is 340 g/mol. The number of rotatable bonds is 3. The Labute approximate surface area is 147 Å². The smallest absolute Gasteiger partial charge is 0.344 e. The average molecular weight is 356 g/mol. The Hall–Kier alpha value is -2.90. The number of benzene rings is 2. The highest BCUT2D eigenvalue weighted by Crippen LogP contribution is 2.29. The van der Waals surface area contributed by atoms with Gasteiger partial charge in [0.05, 0.1) is 11.5 Å². The van der Waals surface area contributed by atoms with Crippen molar-refractivity contribution in [1.29, 1.82) is 0 Å². The fourth-order valence-electron chi connectivity index (χ4n) is 3.18. The van der Waals surface area contributed by atoms with Gasteiger partial charge in [0.25, 0.3) is 0 Å². The summed E-state index contributed by atoms with van der Waals surface area (Å²) in [5.74, 6) is 0.379. The van der Waals surface area contributed by atoms with E-state index >= 15 is 0 Å². The molecule has 0 spiro atoms. The monoisotopic (exact) mass is 356 g/mol. The molecule has 2 aromatic carbocycles. The number of phenolic OH excluding ortho intramolecular Hbond substituents is 1. The molecule has 3 atom stereocenters. The second kappa shape index (κ2) is 6.44. The van der Waals surface area contributed by atoms with Crippen molar-refractivity contribution in [3.05, 3.63) is 46.8 Å². The average Bonchev–Trinajstić information content (AvgIpc) is 2.61. The summed E-state index contributed by atoms with van der Waals surface area (Å²) in [6.45, 7) is 0. The molecule has 7 nitrogen and oxygen atoms in total. The van der Waals surface area contributed by atoms with Gasteiger partial charge in [-0.2, -0.15) is 0 Å². The minimum atomic E-state index is -0.768. The summed E-state index contributed by atoms with van der Waals surface area (Å²) < 4.78 is 16.5. The van der Waals surface area contributed by atoms with Crippen LogP contribution in [0.1, 0.15) is 12.8 Å². The summed E-state index contributed by atoms with van der Waals surface area (Å²) in [5.41, 5.74) is -0.236. The molecule has 2 N–H and O–H groups in total. The molecular formula is C19H16O7. The van der Waals surface area contributed by atoms with Crippen molar-refractivity contribution in [2.45, 2.75) is 31.3 Å². The molecule has 3 unspecified atom stereocenters. The van der Waals surface area contributed by atoms with Gasteiger partial charge in [-0.05, 0) is 30.3 Å². The molecule has 1 aromatic heterocycles. The normalized spacial score (nSPS) is 23.2. The first-order chi connectivity index (χ1) is 12.5. The van der Waals surface area contributed by atoms with Crippen molar-refractivity contribution in [1.82, 2.24) is 0 Å². The van der Waals surface area contributed by atoms with Crippen molar-refractivity contribution < 1.29 is 28.9 Å². The number of aliphatic hydroxyl groups excluding tert-OH is 1. The van der Waals surface area contributed by atoms with E-state index in [0.717, 1.165) is 0 Å². The van der Waals surface area contributed by atoms with Crippen LogP contribution in [0, 0.1) is 0 Å². The molecule has 0 amide bonds. The van der Waals surface area contributed by atoms with Gasteiger partial charge in [0.2, 0.25) is 6.29 Å². The van der Waals surface area contributed by atoms with E-state index < -0.39 is 24.1 Å². The zero-order valence-electron chi connectivity index (χ0n) is 13.6. The predicted molar refractivity (Wildman–Crippen MR) is 92.2 cm³/mol. The minimum absolute atomic E-state index is 0.0122. The molecule has 1 saturated heterocycles. The van der Waals surface area contributed by atoms with E-state index in [1.165, 1.54) is 12.1 Å². The van der Waals surface area contributed by atoms with Crippen LogP contribution in [0.4, 0.5) is 0 Å². The lowest BCUT2D eigenvalue weighted by atomic mass is 10.1. The summed E-state index contributed by atoms with van der Waals surface area (Å²) in [7, 11) is 0. The lowest BCUT2D eigenvalue weighted by molar-refractivity contribution is -0.176. The van der Waals surface area contributed by atoms with E-state index in [2.05, 4.69) is 0 Å². The van der Waals surface area contributed by atoms with E-state index in [1.807, 2.05) is 0 Å². The Morgan fingerprint density at radius 2 is 1.88 bits per heavy atom. The number of carbonyl (C=O) groups is 1. The number of aliphatic hydroxyl groups is 1. The lowest BCUT2D eigenvalue weighted by Gasteiger charge is -2.30.